The lowest BCUT2D eigenvalue weighted by molar-refractivity contribution is -0.361. The summed E-state index contributed by atoms with van der Waals surface area (Å²) in [5.41, 5.74) is -2.09. The van der Waals surface area contributed by atoms with Crippen molar-refractivity contribution in [2.24, 2.45) is 50.2 Å². The van der Waals surface area contributed by atoms with E-state index in [0.29, 0.717) is 57.8 Å². The fourth-order valence-electron chi connectivity index (χ4n) is 15.0. The van der Waals surface area contributed by atoms with Gasteiger partial charge >= 0.3 is 5.97 Å². The smallest absolute Gasteiger partial charge is 0.315 e. The second-order valence-corrected chi connectivity index (χ2v) is 23.5. The molecule has 8 aliphatic rings. The molecule has 67 heavy (non-hydrogen) atoms. The average Bonchev–Trinajstić information content (AvgIpc) is 3.27. The summed E-state index contributed by atoms with van der Waals surface area (Å²) in [4.78, 5) is 15.0. The van der Waals surface area contributed by atoms with Crippen molar-refractivity contribution in [3.63, 3.8) is 0 Å². The quantitative estimate of drug-likeness (QED) is 0.0986. The third kappa shape index (κ3) is 8.10. The molecule has 1 unspecified atom stereocenters. The Morgan fingerprint density at radius 1 is 0.701 bits per heavy atom. The van der Waals surface area contributed by atoms with Crippen LogP contribution < -0.4 is 0 Å². The Morgan fingerprint density at radius 3 is 2.00 bits per heavy atom. The third-order valence-electron chi connectivity index (χ3n) is 19.3. The second kappa shape index (κ2) is 18.2. The molecule has 0 bridgehead atoms. The van der Waals surface area contributed by atoms with Gasteiger partial charge in [0.2, 0.25) is 6.29 Å². The summed E-state index contributed by atoms with van der Waals surface area (Å²) in [6.07, 6.45) is -18.3. The molecule has 12 N–H and O–H groups in total. The van der Waals surface area contributed by atoms with E-state index < -0.39 is 145 Å². The number of esters is 1. The molecule has 5 aliphatic carbocycles. The zero-order valence-electron chi connectivity index (χ0n) is 39.8. The van der Waals surface area contributed by atoms with E-state index in [1.165, 1.54) is 6.92 Å². The van der Waals surface area contributed by atoms with Crippen LogP contribution >= 0.6 is 0 Å². The zero-order valence-corrected chi connectivity index (χ0v) is 39.8. The van der Waals surface area contributed by atoms with Gasteiger partial charge in [-0.25, -0.2) is 0 Å². The molecule has 8 rings (SSSR count). The highest BCUT2D eigenvalue weighted by Gasteiger charge is 2.72. The molecule has 0 amide bonds. The Hall–Kier alpha value is -1.47. The van der Waals surface area contributed by atoms with Gasteiger partial charge < -0.3 is 89.7 Å². The van der Waals surface area contributed by atoms with Crippen LogP contribution in [0.15, 0.2) is 11.6 Å². The number of ether oxygens (including phenoxy) is 6. The first-order valence-corrected chi connectivity index (χ1v) is 24.4. The monoisotopic (exact) mass is 959 g/mol. The van der Waals surface area contributed by atoms with E-state index in [2.05, 4.69) is 40.7 Å². The van der Waals surface area contributed by atoms with Crippen LogP contribution in [0.4, 0.5) is 0 Å². The number of hydrogen-bond acceptors (Lipinski definition) is 19. The van der Waals surface area contributed by atoms with Crippen LogP contribution in [0.3, 0.4) is 0 Å². The molecule has 7 fully saturated rings. The average molecular weight is 959 g/mol. The minimum absolute atomic E-state index is 0.127. The predicted molar refractivity (Wildman–Crippen MR) is 232 cm³/mol. The van der Waals surface area contributed by atoms with E-state index in [4.69, 9.17) is 28.4 Å². The number of carbonyl (C=O) groups is 1. The van der Waals surface area contributed by atoms with E-state index >= 15 is 0 Å². The number of hydrogen-bond donors (Lipinski definition) is 12. The molecule has 0 aromatic carbocycles. The first-order valence-electron chi connectivity index (χ1n) is 24.4. The van der Waals surface area contributed by atoms with Crippen LogP contribution in [0.1, 0.15) is 106 Å². The summed E-state index contributed by atoms with van der Waals surface area (Å²) >= 11 is 0. The van der Waals surface area contributed by atoms with Gasteiger partial charge in [0.25, 0.3) is 0 Å². The van der Waals surface area contributed by atoms with Crippen LogP contribution in [0.25, 0.3) is 0 Å². The van der Waals surface area contributed by atoms with Crippen molar-refractivity contribution < 1.29 is 94.5 Å². The molecule has 0 aromatic rings. The van der Waals surface area contributed by atoms with Crippen LogP contribution in [0.2, 0.25) is 0 Å². The van der Waals surface area contributed by atoms with Crippen LogP contribution in [0.5, 0.6) is 0 Å². The minimum atomic E-state index is -1.87. The molecule has 3 saturated heterocycles. The van der Waals surface area contributed by atoms with E-state index in [1.807, 2.05) is 6.92 Å². The molecule has 19 nitrogen and oxygen atoms in total. The molecule has 3 heterocycles. The number of carbonyl (C=O) groups excluding carboxylic acids is 1. The van der Waals surface area contributed by atoms with Gasteiger partial charge in [-0.15, -0.1) is 0 Å². The Kier molecular flexibility index (Phi) is 14.1. The Morgan fingerprint density at radius 2 is 1.33 bits per heavy atom. The van der Waals surface area contributed by atoms with Crippen LogP contribution in [0, 0.1) is 50.2 Å². The lowest BCUT2D eigenvalue weighted by Gasteiger charge is -2.72. The van der Waals surface area contributed by atoms with Gasteiger partial charge in [0, 0.05) is 11.3 Å². The van der Waals surface area contributed by atoms with E-state index in [-0.39, 0.29) is 35.2 Å². The molecular weight excluding hydrogens is 881 g/mol. The van der Waals surface area contributed by atoms with Gasteiger partial charge in [0.1, 0.15) is 67.1 Å². The van der Waals surface area contributed by atoms with Crippen molar-refractivity contribution >= 4 is 5.97 Å². The maximum absolute atomic E-state index is 15.0. The summed E-state index contributed by atoms with van der Waals surface area (Å²) in [5, 5.41) is 130. The van der Waals surface area contributed by atoms with Gasteiger partial charge in [0.15, 0.2) is 12.6 Å². The minimum Gasteiger partial charge on any atom is -0.432 e. The van der Waals surface area contributed by atoms with Crippen molar-refractivity contribution in [3.8, 4) is 0 Å². The highest BCUT2D eigenvalue weighted by Crippen LogP contribution is 2.76. The number of allylic oxidation sites excluding steroid dienone is 2. The maximum atomic E-state index is 15.0. The fourth-order valence-corrected chi connectivity index (χ4v) is 15.0. The maximum Gasteiger partial charge on any atom is 0.315 e. The molecule has 0 radical (unpaired) electrons. The SMILES string of the molecule is C[C@@H]1O[C@@H](O[C@H]2[C@H](O)[C@@H](O)[C@H](OC[C@H]3O[C@@H](OC(=O)[C@]45CCC(C)(C)C[C@H]4C4=CC[C@@H]6[C@@]7(C)CC[C@H](O)[C@@](C)(CO)C7[C@H](O)C[C@@]6(C)[C@]4(C)CC5)[C@H](O)[C@@H](O)[C@@H]3O)O[C@@H]2CO)[C@H](O)[C@H](O)[C@H]1O. The highest BCUT2D eigenvalue weighted by atomic mass is 16.8. The molecule has 384 valence electrons. The van der Waals surface area contributed by atoms with E-state index in [0.717, 1.165) is 5.57 Å². The topological polar surface area (TPSA) is 315 Å². The van der Waals surface area contributed by atoms with Crippen molar-refractivity contribution in [2.75, 3.05) is 19.8 Å². The molecule has 4 saturated carbocycles. The Labute approximate surface area is 392 Å². The summed E-state index contributed by atoms with van der Waals surface area (Å²) in [7, 11) is 0. The van der Waals surface area contributed by atoms with Gasteiger partial charge in [0.05, 0.1) is 43.5 Å². The second-order valence-electron chi connectivity index (χ2n) is 23.5. The van der Waals surface area contributed by atoms with Crippen LogP contribution in [-0.4, -0.2) is 191 Å². The Bertz CT molecular complexity index is 1830. The van der Waals surface area contributed by atoms with Gasteiger partial charge in [-0.05, 0) is 98.2 Å². The number of aliphatic hydroxyl groups excluding tert-OH is 12. The van der Waals surface area contributed by atoms with Crippen molar-refractivity contribution in [2.45, 2.75) is 211 Å². The van der Waals surface area contributed by atoms with Gasteiger partial charge in [-0.3, -0.25) is 4.79 Å². The molecule has 3 aliphatic heterocycles. The van der Waals surface area contributed by atoms with Crippen molar-refractivity contribution in [1.29, 1.82) is 0 Å². The lowest BCUT2D eigenvalue weighted by atomic mass is 9.33. The summed E-state index contributed by atoms with van der Waals surface area (Å²) in [5.74, 6) is -1.07. The molecule has 25 atom stereocenters. The Balaban J connectivity index is 0.985. The van der Waals surface area contributed by atoms with E-state index in [1.54, 1.807) is 0 Å². The fraction of sp³-hybridized carbons (Fsp3) is 0.938. The zero-order chi connectivity index (χ0) is 49.1. The number of aliphatic hydroxyl groups is 12. The normalized spacial score (nSPS) is 55.2. The molecule has 19 heteroatoms. The number of fused-ring (bicyclic) bond motifs is 7. The summed E-state index contributed by atoms with van der Waals surface area (Å²) in [6.45, 7) is 12.8. The third-order valence-corrected chi connectivity index (χ3v) is 19.3. The largest absolute Gasteiger partial charge is 0.432 e. The van der Waals surface area contributed by atoms with Gasteiger partial charge in [-0.2, -0.15) is 0 Å². The first-order chi connectivity index (χ1) is 31.2. The predicted octanol–water partition coefficient (Wildman–Crippen LogP) is -0.889. The molecule has 0 spiro atoms. The molecular formula is C48H78O19. The highest BCUT2D eigenvalue weighted by molar-refractivity contribution is 5.79. The lowest BCUT2D eigenvalue weighted by Crippen LogP contribution is -2.69. The summed E-state index contributed by atoms with van der Waals surface area (Å²) in [6, 6.07) is 0. The van der Waals surface area contributed by atoms with Crippen molar-refractivity contribution in [1.82, 2.24) is 0 Å². The van der Waals surface area contributed by atoms with Crippen molar-refractivity contribution in [3.05, 3.63) is 11.6 Å². The van der Waals surface area contributed by atoms with Gasteiger partial charge in [-0.1, -0.05) is 53.2 Å². The summed E-state index contributed by atoms with van der Waals surface area (Å²) < 4.78 is 34.7. The van der Waals surface area contributed by atoms with Crippen LogP contribution in [-0.2, 0) is 33.2 Å². The first kappa shape index (κ1) is 51.9. The standard InChI is InChI=1S/C48H78O19/c1-21-29(53)31(55)34(58)40(63-21)66-37-25(18-49)64-39(36(60)33(37)57)62-19-26-30(54)32(56)35(59)41(65-26)67-42(61)48-14-12-43(2,3)16-23(48)22-8-9-27-44(4)11-10-28(52)45(5,20-50)38(44)24(51)17-47(27,7)46(22,6)13-15-48/h8,21,23-41,49-60H,9-20H2,1-7H3/t21-,23-,24+,25+,26+,27+,28-,29-,30+,31+,32-,33+,34+,35+,36+,37+,38?,39+,40-,41-,44+,45+,46+,47+,48-/m0/s1. The molecule has 0 aromatic heterocycles. The number of rotatable bonds is 9. The van der Waals surface area contributed by atoms with E-state index in [9.17, 15) is 66.1 Å².